The molecular weight excluding hydrogens is 350 g/mol. The van der Waals surface area contributed by atoms with Crippen molar-refractivity contribution in [2.45, 2.75) is 0 Å². The van der Waals surface area contributed by atoms with E-state index in [1.807, 2.05) is 0 Å². The minimum Gasteiger partial charge on any atom is -0.205 e. The number of fused-ring (bicyclic) bond motifs is 2. The molecule has 0 aliphatic carbocycles. The van der Waals surface area contributed by atoms with E-state index in [4.69, 9.17) is 23.7 Å². The summed E-state index contributed by atoms with van der Waals surface area (Å²) in [7, 11) is 0. The molecule has 0 atom stereocenters. The minimum atomic E-state index is -0.690. The number of thiophene rings is 2. The van der Waals surface area contributed by atoms with Crippen molar-refractivity contribution in [3.05, 3.63) is 55.7 Å². The van der Waals surface area contributed by atoms with Crippen molar-refractivity contribution in [2.24, 2.45) is 0 Å². The number of benzene rings is 1. The van der Waals surface area contributed by atoms with Gasteiger partial charge in [0.05, 0.1) is 13.9 Å². The number of hydrogen-bond acceptors (Lipinski definition) is 4. The van der Waals surface area contributed by atoms with Crippen LogP contribution in [0.3, 0.4) is 0 Å². The molecule has 112 valence electrons. The molecule has 3 aromatic rings. The molecule has 0 aliphatic heterocycles. The number of halogens is 2. The molecule has 0 aliphatic rings. The van der Waals surface area contributed by atoms with Gasteiger partial charge in [-0.2, -0.15) is 20.2 Å². The third-order valence-corrected chi connectivity index (χ3v) is 5.51. The fraction of sp³-hybridized carbons (Fsp3) is 0. The maximum atomic E-state index is 14.7. The lowest BCUT2D eigenvalue weighted by molar-refractivity contribution is 0.638. The van der Waals surface area contributed by atoms with Crippen molar-refractivity contribution >= 4 is 54.2 Å². The Morgan fingerprint density at radius 3 is 1.83 bits per heavy atom. The summed E-state index contributed by atoms with van der Waals surface area (Å²) in [6.07, 6.45) is 0. The first-order chi connectivity index (χ1) is 11.5. The van der Waals surface area contributed by atoms with Gasteiger partial charge in [0.25, 0.3) is 0 Å². The second-order valence-electron chi connectivity index (χ2n) is 4.48. The van der Waals surface area contributed by atoms with Crippen LogP contribution < -0.4 is 9.06 Å². The van der Waals surface area contributed by atoms with E-state index >= 15 is 0 Å². The van der Waals surface area contributed by atoms with Crippen molar-refractivity contribution in [3.63, 3.8) is 0 Å². The van der Waals surface area contributed by atoms with Gasteiger partial charge < -0.3 is 0 Å². The standard InChI is InChI=1S/C16H2F2N4S2/c1-21-16(22-2)11-4-9-13(18)14-8(12(17)15(9)24-11)3-10(23-14)7(5-19)6-20/h3-4H. The van der Waals surface area contributed by atoms with Crippen LogP contribution in [-0.4, -0.2) is 0 Å². The first kappa shape index (κ1) is 15.6. The Morgan fingerprint density at radius 2 is 1.38 bits per heavy atom. The van der Waals surface area contributed by atoms with Crippen molar-refractivity contribution < 1.29 is 8.78 Å². The number of hydrogen-bond donors (Lipinski definition) is 0. The average Bonchev–Trinajstić information content (AvgIpc) is 3.21. The Labute approximate surface area is 141 Å². The van der Waals surface area contributed by atoms with Gasteiger partial charge in [-0.15, -0.1) is 22.7 Å². The second-order valence-corrected chi connectivity index (χ2v) is 6.59. The third kappa shape index (κ3) is 2.11. The van der Waals surface area contributed by atoms with E-state index < -0.39 is 11.6 Å². The lowest BCUT2D eigenvalue weighted by Gasteiger charge is -1.97. The molecule has 4 nitrogen and oxygen atoms in total. The van der Waals surface area contributed by atoms with Crippen molar-refractivity contribution in [3.8, 4) is 12.1 Å². The minimum absolute atomic E-state index is 0.000356. The fourth-order valence-electron chi connectivity index (χ4n) is 2.18. The van der Waals surface area contributed by atoms with Gasteiger partial charge >= 0.3 is 5.82 Å². The molecule has 0 saturated carbocycles. The molecule has 1 aromatic carbocycles. The van der Waals surface area contributed by atoms with E-state index in [0.717, 1.165) is 22.7 Å². The molecule has 24 heavy (non-hydrogen) atoms. The van der Waals surface area contributed by atoms with Crippen LogP contribution >= 0.6 is 22.7 Å². The molecule has 0 amide bonds. The van der Waals surface area contributed by atoms with Crippen molar-refractivity contribution in [1.82, 2.24) is 0 Å². The SMILES string of the molecule is [C-]#[N+]C([N+]#[C-])=c1cc2c(F)c3sc(=C(C#N)C#N)cc3c(F)c2s1. The number of rotatable bonds is 0. The predicted octanol–water partition coefficient (Wildman–Crippen LogP) is 3.50. The van der Waals surface area contributed by atoms with Gasteiger partial charge in [-0.1, -0.05) is 0 Å². The van der Waals surface area contributed by atoms with Gasteiger partial charge in [0.1, 0.15) is 47.0 Å². The van der Waals surface area contributed by atoms with Crippen LogP contribution in [0.15, 0.2) is 12.1 Å². The second kappa shape index (κ2) is 5.72. The number of nitriles is 2. The van der Waals surface area contributed by atoms with Gasteiger partial charge in [0, 0.05) is 10.8 Å². The largest absolute Gasteiger partial charge is 0.536 e. The van der Waals surface area contributed by atoms with Crippen LogP contribution in [0.25, 0.3) is 41.3 Å². The van der Waals surface area contributed by atoms with Gasteiger partial charge in [-0.25, -0.2) is 8.78 Å². The lowest BCUT2D eigenvalue weighted by Crippen LogP contribution is -1.94. The number of nitrogens with zero attached hydrogens (tertiary/aromatic N) is 4. The van der Waals surface area contributed by atoms with Crippen molar-refractivity contribution in [1.29, 1.82) is 10.5 Å². The Balaban J connectivity index is 2.56. The van der Waals surface area contributed by atoms with Crippen LogP contribution in [0.2, 0.25) is 0 Å². The van der Waals surface area contributed by atoms with Crippen molar-refractivity contribution in [2.75, 3.05) is 0 Å². The molecule has 8 heteroatoms. The maximum Gasteiger partial charge on any atom is 0.536 e. The molecule has 2 aromatic heterocycles. The summed E-state index contributed by atoms with van der Waals surface area (Å²) < 4.78 is 29.8. The van der Waals surface area contributed by atoms with Crippen LogP contribution in [0.5, 0.6) is 0 Å². The first-order valence-electron chi connectivity index (χ1n) is 6.19. The smallest absolute Gasteiger partial charge is 0.205 e. The zero-order valence-electron chi connectivity index (χ0n) is 11.5. The zero-order chi connectivity index (χ0) is 17.4. The predicted molar refractivity (Wildman–Crippen MR) is 87.6 cm³/mol. The zero-order valence-corrected chi connectivity index (χ0v) is 13.1. The summed E-state index contributed by atoms with van der Waals surface area (Å²) in [6, 6.07) is 5.94. The maximum absolute atomic E-state index is 14.7. The molecule has 0 fully saturated rings. The quantitative estimate of drug-likeness (QED) is 0.582. The van der Waals surface area contributed by atoms with Gasteiger partial charge in [0.15, 0.2) is 0 Å². The lowest BCUT2D eigenvalue weighted by atomic mass is 10.2. The molecule has 3 rings (SSSR count). The molecular formula is C16H2F2N4S2. The summed E-state index contributed by atoms with van der Waals surface area (Å²) >= 11 is 1.65. The molecule has 0 spiro atoms. The van der Waals surface area contributed by atoms with E-state index in [9.17, 15) is 8.78 Å². The van der Waals surface area contributed by atoms with Crippen LogP contribution in [0, 0.1) is 47.4 Å². The van der Waals surface area contributed by atoms with E-state index in [2.05, 4.69) is 9.69 Å². The Bertz CT molecular complexity index is 1120. The molecule has 0 unspecified atom stereocenters. The van der Waals surface area contributed by atoms with E-state index in [-0.39, 0.29) is 40.6 Å². The average molecular weight is 352 g/mol. The molecule has 0 radical (unpaired) electrons. The first-order valence-corrected chi connectivity index (χ1v) is 7.82. The Morgan fingerprint density at radius 1 is 0.917 bits per heavy atom. The van der Waals surface area contributed by atoms with Gasteiger partial charge in [0.2, 0.25) is 0 Å². The summed E-state index contributed by atoms with van der Waals surface area (Å²) in [5.41, 5.74) is -0.212. The highest BCUT2D eigenvalue weighted by molar-refractivity contribution is 7.19. The molecule has 2 heterocycles. The van der Waals surface area contributed by atoms with Gasteiger partial charge in [-0.3, -0.25) is 0 Å². The normalized spacial score (nSPS) is 9.92. The molecule has 0 bridgehead atoms. The Kier molecular flexibility index (Phi) is 3.72. The van der Waals surface area contributed by atoms with Crippen LogP contribution in [0.4, 0.5) is 8.78 Å². The molecule has 0 saturated heterocycles. The van der Waals surface area contributed by atoms with Crippen LogP contribution in [-0.2, 0) is 0 Å². The summed E-state index contributed by atoms with van der Waals surface area (Å²) in [5.74, 6) is -1.63. The summed E-state index contributed by atoms with van der Waals surface area (Å²) in [4.78, 5) is 6.11. The highest BCUT2D eigenvalue weighted by atomic mass is 32.1. The topological polar surface area (TPSA) is 56.3 Å². The summed E-state index contributed by atoms with van der Waals surface area (Å²) in [5, 5.41) is 17.7. The molecule has 0 N–H and O–H groups in total. The van der Waals surface area contributed by atoms with E-state index in [1.54, 1.807) is 12.1 Å². The van der Waals surface area contributed by atoms with E-state index in [1.165, 1.54) is 12.1 Å². The Hall–Kier alpha value is -3.30. The fourth-order valence-corrected chi connectivity index (χ4v) is 4.27. The monoisotopic (exact) mass is 352 g/mol. The van der Waals surface area contributed by atoms with E-state index in [0.29, 0.717) is 0 Å². The van der Waals surface area contributed by atoms with Gasteiger partial charge in [-0.05, 0) is 12.1 Å². The highest BCUT2D eigenvalue weighted by Gasteiger charge is 2.20. The third-order valence-electron chi connectivity index (χ3n) is 3.24. The van der Waals surface area contributed by atoms with Crippen LogP contribution in [0.1, 0.15) is 0 Å². The highest BCUT2D eigenvalue weighted by Crippen LogP contribution is 2.34. The summed E-state index contributed by atoms with van der Waals surface area (Å²) in [6.45, 7) is 13.9.